The third-order valence-electron chi connectivity index (χ3n) is 9.18. The number of piperazine rings is 1. The van der Waals surface area contributed by atoms with Crippen LogP contribution < -0.4 is 0 Å². The average Bonchev–Trinajstić information content (AvgIpc) is 2.98. The number of hydrogen-bond acceptors (Lipinski definition) is 4. The molecule has 244 valence electrons. The summed E-state index contributed by atoms with van der Waals surface area (Å²) in [6, 6.07) is 0. The Balaban J connectivity index is 2.57. The molecule has 0 saturated carbocycles. The van der Waals surface area contributed by atoms with E-state index < -0.39 is 0 Å². The second-order valence-electron chi connectivity index (χ2n) is 13.2. The summed E-state index contributed by atoms with van der Waals surface area (Å²) in [6.07, 6.45) is 28.6. The summed E-state index contributed by atoms with van der Waals surface area (Å²) in [5.74, 6) is 0.353. The maximum atomic E-state index is 13.3. The molecule has 5 nitrogen and oxygen atoms in total. The van der Waals surface area contributed by atoms with Gasteiger partial charge < -0.3 is 14.7 Å². The molecule has 1 heterocycles. The Morgan fingerprint density at radius 2 is 0.805 bits per heavy atom. The number of likely N-dealkylation sites (N-methyl/N-ethyl adjacent to an activating group) is 1. The Morgan fingerprint density at radius 3 is 1.22 bits per heavy atom. The standard InChI is InChI=1S/C36H74N4O/c1-5-8-11-14-17-20-23-26-38(27-24-21-18-15-12-9-6-2)31-32-39(28-25-22-19-16-13-10-7-3)35-36(41)40-33-29-37(4)30-34-40/h5-35H2,1-4H3. The van der Waals surface area contributed by atoms with Crippen molar-refractivity contribution in [2.24, 2.45) is 0 Å². The van der Waals surface area contributed by atoms with E-state index in [0.29, 0.717) is 12.5 Å². The highest BCUT2D eigenvalue weighted by Crippen LogP contribution is 2.12. The van der Waals surface area contributed by atoms with Crippen molar-refractivity contribution in [3.63, 3.8) is 0 Å². The van der Waals surface area contributed by atoms with Crippen molar-refractivity contribution >= 4 is 5.91 Å². The van der Waals surface area contributed by atoms with Gasteiger partial charge in [-0.3, -0.25) is 9.69 Å². The average molecular weight is 579 g/mol. The van der Waals surface area contributed by atoms with Crippen molar-refractivity contribution < 1.29 is 4.79 Å². The van der Waals surface area contributed by atoms with Crippen LogP contribution in [-0.4, -0.2) is 98.0 Å². The van der Waals surface area contributed by atoms with Gasteiger partial charge in [0.1, 0.15) is 0 Å². The Bertz CT molecular complexity index is 546. The molecule has 0 aliphatic carbocycles. The van der Waals surface area contributed by atoms with E-state index in [2.05, 4.69) is 47.4 Å². The van der Waals surface area contributed by atoms with Gasteiger partial charge in [0.15, 0.2) is 0 Å². The Kier molecular flexibility index (Phi) is 26.3. The fourth-order valence-electron chi connectivity index (χ4n) is 6.11. The van der Waals surface area contributed by atoms with Gasteiger partial charge in [0, 0.05) is 39.3 Å². The van der Waals surface area contributed by atoms with Crippen LogP contribution in [-0.2, 0) is 4.79 Å². The SMILES string of the molecule is CCCCCCCCCN(CCCCCCCCC)CCN(CCCCCCCCC)CC(=O)N1CCN(C)CC1. The van der Waals surface area contributed by atoms with E-state index >= 15 is 0 Å². The number of nitrogens with zero attached hydrogens (tertiary/aromatic N) is 4. The lowest BCUT2D eigenvalue weighted by Gasteiger charge is -2.34. The van der Waals surface area contributed by atoms with Crippen LogP contribution in [0.5, 0.6) is 0 Å². The summed E-state index contributed by atoms with van der Waals surface area (Å²) in [5.41, 5.74) is 0. The number of carbonyl (C=O) groups is 1. The van der Waals surface area contributed by atoms with Crippen LogP contribution >= 0.6 is 0 Å². The molecule has 0 aromatic rings. The molecule has 1 aliphatic rings. The van der Waals surface area contributed by atoms with Crippen molar-refractivity contribution in [1.82, 2.24) is 19.6 Å². The van der Waals surface area contributed by atoms with Crippen molar-refractivity contribution in [1.29, 1.82) is 0 Å². The van der Waals surface area contributed by atoms with Crippen LogP contribution in [0.2, 0.25) is 0 Å². The van der Waals surface area contributed by atoms with Crippen LogP contribution in [0.15, 0.2) is 0 Å². The lowest BCUT2D eigenvalue weighted by atomic mass is 10.1. The summed E-state index contributed by atoms with van der Waals surface area (Å²) in [4.78, 5) is 23.0. The molecule has 1 amide bonds. The van der Waals surface area contributed by atoms with Gasteiger partial charge in [0.05, 0.1) is 6.54 Å². The topological polar surface area (TPSA) is 30.0 Å². The predicted octanol–water partition coefficient (Wildman–Crippen LogP) is 8.62. The minimum Gasteiger partial charge on any atom is -0.339 e. The lowest BCUT2D eigenvalue weighted by molar-refractivity contribution is -0.134. The molecule has 1 aliphatic heterocycles. The third-order valence-corrected chi connectivity index (χ3v) is 9.18. The van der Waals surface area contributed by atoms with Crippen LogP contribution in [0.3, 0.4) is 0 Å². The first-order chi connectivity index (χ1) is 20.1. The van der Waals surface area contributed by atoms with Gasteiger partial charge in [-0.25, -0.2) is 0 Å². The highest BCUT2D eigenvalue weighted by molar-refractivity contribution is 5.78. The van der Waals surface area contributed by atoms with Gasteiger partial charge in [0.2, 0.25) is 5.91 Å². The smallest absolute Gasteiger partial charge is 0.236 e. The highest BCUT2D eigenvalue weighted by atomic mass is 16.2. The maximum absolute atomic E-state index is 13.3. The molecule has 0 spiro atoms. The lowest BCUT2D eigenvalue weighted by Crippen LogP contribution is -2.50. The number of amides is 1. The molecule has 0 radical (unpaired) electrons. The minimum atomic E-state index is 0.353. The fourth-order valence-corrected chi connectivity index (χ4v) is 6.11. The zero-order valence-corrected chi connectivity index (χ0v) is 28.6. The maximum Gasteiger partial charge on any atom is 0.236 e. The first-order valence-corrected chi connectivity index (χ1v) is 18.5. The Hall–Kier alpha value is -0.650. The third kappa shape index (κ3) is 22.5. The zero-order chi connectivity index (χ0) is 29.8. The first-order valence-electron chi connectivity index (χ1n) is 18.5. The fraction of sp³-hybridized carbons (Fsp3) is 0.972. The van der Waals surface area contributed by atoms with E-state index in [4.69, 9.17) is 0 Å². The number of rotatable bonds is 29. The van der Waals surface area contributed by atoms with E-state index in [0.717, 1.165) is 45.8 Å². The van der Waals surface area contributed by atoms with Crippen molar-refractivity contribution in [3.05, 3.63) is 0 Å². The van der Waals surface area contributed by atoms with Gasteiger partial charge >= 0.3 is 0 Å². The minimum absolute atomic E-state index is 0.353. The van der Waals surface area contributed by atoms with Crippen molar-refractivity contribution in [2.45, 2.75) is 156 Å². The molecule has 0 bridgehead atoms. The molecule has 1 fully saturated rings. The second-order valence-corrected chi connectivity index (χ2v) is 13.2. The van der Waals surface area contributed by atoms with Crippen LogP contribution in [0.1, 0.15) is 156 Å². The van der Waals surface area contributed by atoms with Crippen LogP contribution in [0, 0.1) is 0 Å². The molecule has 0 unspecified atom stereocenters. The second kappa shape index (κ2) is 28.1. The van der Waals surface area contributed by atoms with Gasteiger partial charge in [-0.05, 0) is 45.9 Å². The van der Waals surface area contributed by atoms with Gasteiger partial charge in [-0.1, -0.05) is 136 Å². The molecular formula is C36H74N4O. The van der Waals surface area contributed by atoms with E-state index in [1.165, 1.54) is 148 Å². The van der Waals surface area contributed by atoms with Gasteiger partial charge in [-0.15, -0.1) is 0 Å². The van der Waals surface area contributed by atoms with E-state index in [9.17, 15) is 4.79 Å². The molecule has 0 atom stereocenters. The molecule has 41 heavy (non-hydrogen) atoms. The molecule has 5 heteroatoms. The van der Waals surface area contributed by atoms with Crippen LogP contribution in [0.4, 0.5) is 0 Å². The number of carbonyl (C=O) groups excluding carboxylic acids is 1. The Labute approximate surface area is 258 Å². The molecule has 0 aromatic carbocycles. The van der Waals surface area contributed by atoms with Crippen molar-refractivity contribution in [2.75, 3.05) is 72.5 Å². The number of unbranched alkanes of at least 4 members (excludes halogenated alkanes) is 18. The van der Waals surface area contributed by atoms with E-state index in [1.54, 1.807) is 0 Å². The summed E-state index contributed by atoms with van der Waals surface area (Å²) >= 11 is 0. The molecular weight excluding hydrogens is 504 g/mol. The summed E-state index contributed by atoms with van der Waals surface area (Å²) in [6.45, 7) is 17.0. The monoisotopic (exact) mass is 579 g/mol. The first kappa shape index (κ1) is 38.4. The molecule has 1 saturated heterocycles. The number of hydrogen-bond donors (Lipinski definition) is 0. The predicted molar refractivity (Wildman–Crippen MR) is 181 cm³/mol. The van der Waals surface area contributed by atoms with E-state index in [1.807, 2.05) is 0 Å². The Morgan fingerprint density at radius 1 is 0.463 bits per heavy atom. The largest absolute Gasteiger partial charge is 0.339 e. The van der Waals surface area contributed by atoms with E-state index in [-0.39, 0.29) is 0 Å². The summed E-state index contributed by atoms with van der Waals surface area (Å²) in [5, 5.41) is 0. The molecule has 0 aromatic heterocycles. The van der Waals surface area contributed by atoms with Gasteiger partial charge in [-0.2, -0.15) is 0 Å². The molecule has 1 rings (SSSR count). The quantitative estimate of drug-likeness (QED) is 0.0831. The highest BCUT2D eigenvalue weighted by Gasteiger charge is 2.21. The van der Waals surface area contributed by atoms with Crippen LogP contribution in [0.25, 0.3) is 0 Å². The molecule has 0 N–H and O–H groups in total. The summed E-state index contributed by atoms with van der Waals surface area (Å²) in [7, 11) is 2.17. The van der Waals surface area contributed by atoms with Gasteiger partial charge in [0.25, 0.3) is 0 Å². The normalized spacial score (nSPS) is 14.5. The summed E-state index contributed by atoms with van der Waals surface area (Å²) < 4.78 is 0. The zero-order valence-electron chi connectivity index (χ0n) is 28.6. The van der Waals surface area contributed by atoms with Crippen molar-refractivity contribution in [3.8, 4) is 0 Å².